The number of hydrogen-bond acceptors (Lipinski definition) is 5. The number of rotatable bonds is 7. The lowest BCUT2D eigenvalue weighted by Crippen LogP contribution is -2.29. The SMILES string of the molecule is CCCOc1ccc(C(O)=C2C(=O)C(=O)N(Cc3ccccc3)C2c2ccco2)cc1. The summed E-state index contributed by atoms with van der Waals surface area (Å²) in [5, 5.41) is 11.0. The molecular weight excluding hydrogens is 394 g/mol. The van der Waals surface area contributed by atoms with Crippen LogP contribution in [0.1, 0.15) is 36.3 Å². The summed E-state index contributed by atoms with van der Waals surface area (Å²) in [4.78, 5) is 27.3. The Labute approximate surface area is 180 Å². The van der Waals surface area contributed by atoms with Gasteiger partial charge in [-0.15, -0.1) is 0 Å². The molecule has 0 radical (unpaired) electrons. The van der Waals surface area contributed by atoms with Gasteiger partial charge < -0.3 is 19.2 Å². The molecule has 0 saturated carbocycles. The molecule has 1 aromatic heterocycles. The molecular formula is C25H23NO5. The molecule has 158 valence electrons. The number of nitrogens with zero attached hydrogens (tertiary/aromatic N) is 1. The van der Waals surface area contributed by atoms with E-state index in [-0.39, 0.29) is 17.9 Å². The molecule has 4 rings (SSSR count). The molecule has 1 atom stereocenters. The average Bonchev–Trinajstić information content (AvgIpc) is 3.41. The van der Waals surface area contributed by atoms with Gasteiger partial charge in [0.15, 0.2) is 0 Å². The maximum atomic E-state index is 13.0. The summed E-state index contributed by atoms with van der Waals surface area (Å²) in [6, 6.07) is 18.8. The number of amides is 1. The summed E-state index contributed by atoms with van der Waals surface area (Å²) in [5.41, 5.74) is 1.31. The van der Waals surface area contributed by atoms with E-state index in [1.165, 1.54) is 11.2 Å². The number of carbonyl (C=O) groups is 2. The van der Waals surface area contributed by atoms with Crippen LogP contribution in [0.3, 0.4) is 0 Å². The van der Waals surface area contributed by atoms with E-state index in [1.807, 2.05) is 37.3 Å². The Balaban J connectivity index is 1.74. The minimum Gasteiger partial charge on any atom is -0.507 e. The molecule has 31 heavy (non-hydrogen) atoms. The number of ether oxygens (including phenoxy) is 1. The first-order chi connectivity index (χ1) is 15.1. The molecule has 3 aromatic rings. The van der Waals surface area contributed by atoms with Crippen molar-refractivity contribution in [3.8, 4) is 5.75 Å². The number of ketones is 1. The molecule has 6 heteroatoms. The van der Waals surface area contributed by atoms with Crippen molar-refractivity contribution in [2.24, 2.45) is 0 Å². The number of aliphatic hydroxyl groups excluding tert-OH is 1. The van der Waals surface area contributed by atoms with Gasteiger partial charge in [-0.25, -0.2) is 0 Å². The fraction of sp³-hybridized carbons (Fsp3) is 0.200. The van der Waals surface area contributed by atoms with E-state index in [9.17, 15) is 14.7 Å². The first-order valence-electron chi connectivity index (χ1n) is 10.2. The van der Waals surface area contributed by atoms with Crippen molar-refractivity contribution in [2.45, 2.75) is 25.9 Å². The number of aliphatic hydroxyl groups is 1. The molecule has 1 saturated heterocycles. The molecule has 2 aromatic carbocycles. The Kier molecular flexibility index (Phi) is 5.89. The lowest BCUT2D eigenvalue weighted by molar-refractivity contribution is -0.140. The number of furan rings is 1. The lowest BCUT2D eigenvalue weighted by atomic mass is 9.99. The van der Waals surface area contributed by atoms with Gasteiger partial charge in [-0.2, -0.15) is 0 Å². The van der Waals surface area contributed by atoms with Crippen molar-refractivity contribution in [3.05, 3.63) is 95.5 Å². The van der Waals surface area contributed by atoms with E-state index in [0.717, 1.165) is 12.0 Å². The number of carbonyl (C=O) groups excluding carboxylic acids is 2. The second-order valence-corrected chi connectivity index (χ2v) is 7.30. The van der Waals surface area contributed by atoms with Crippen molar-refractivity contribution in [1.29, 1.82) is 0 Å². The molecule has 2 heterocycles. The van der Waals surface area contributed by atoms with Crippen molar-refractivity contribution < 1.29 is 23.8 Å². The van der Waals surface area contributed by atoms with E-state index >= 15 is 0 Å². The van der Waals surface area contributed by atoms with Crippen LogP contribution in [0.4, 0.5) is 0 Å². The van der Waals surface area contributed by atoms with E-state index in [2.05, 4.69) is 0 Å². The largest absolute Gasteiger partial charge is 0.507 e. The van der Waals surface area contributed by atoms with Gasteiger partial charge in [-0.05, 0) is 48.4 Å². The molecule has 1 fully saturated rings. The summed E-state index contributed by atoms with van der Waals surface area (Å²) in [7, 11) is 0. The fourth-order valence-corrected chi connectivity index (χ4v) is 3.65. The third-order valence-corrected chi connectivity index (χ3v) is 5.15. The van der Waals surface area contributed by atoms with E-state index < -0.39 is 17.7 Å². The molecule has 1 unspecified atom stereocenters. The first kappa shape index (κ1) is 20.5. The van der Waals surface area contributed by atoms with Crippen LogP contribution in [-0.4, -0.2) is 28.3 Å². The zero-order valence-electron chi connectivity index (χ0n) is 17.2. The Morgan fingerprint density at radius 3 is 2.42 bits per heavy atom. The first-order valence-corrected chi connectivity index (χ1v) is 10.2. The Bertz CT molecular complexity index is 1080. The highest BCUT2D eigenvalue weighted by molar-refractivity contribution is 6.46. The second kappa shape index (κ2) is 8.92. The van der Waals surface area contributed by atoms with E-state index in [4.69, 9.17) is 9.15 Å². The maximum Gasteiger partial charge on any atom is 0.296 e. The fourth-order valence-electron chi connectivity index (χ4n) is 3.65. The molecule has 1 aliphatic heterocycles. The van der Waals surface area contributed by atoms with Crippen LogP contribution in [0.5, 0.6) is 5.75 Å². The van der Waals surface area contributed by atoms with Crippen molar-refractivity contribution in [3.63, 3.8) is 0 Å². The minimum atomic E-state index is -0.814. The standard InChI is InChI=1S/C25H23NO5/c1-2-14-30-19-12-10-18(11-13-19)23(27)21-22(20-9-6-15-31-20)26(25(29)24(21)28)16-17-7-4-3-5-8-17/h3-13,15,22,27H,2,14,16H2,1H3. The third-order valence-electron chi connectivity index (χ3n) is 5.15. The number of likely N-dealkylation sites (tertiary alicyclic amines) is 1. The van der Waals surface area contributed by atoms with Gasteiger partial charge in [0.05, 0.1) is 18.4 Å². The number of hydrogen-bond donors (Lipinski definition) is 1. The highest BCUT2D eigenvalue weighted by Crippen LogP contribution is 2.40. The predicted octanol–water partition coefficient (Wildman–Crippen LogP) is 4.69. The molecule has 0 spiro atoms. The molecule has 0 aliphatic carbocycles. The van der Waals surface area contributed by atoms with Crippen molar-refractivity contribution >= 4 is 17.4 Å². The second-order valence-electron chi connectivity index (χ2n) is 7.30. The van der Waals surface area contributed by atoms with Crippen LogP contribution >= 0.6 is 0 Å². The van der Waals surface area contributed by atoms with Crippen LogP contribution in [0.15, 0.2) is 83.0 Å². The van der Waals surface area contributed by atoms with Gasteiger partial charge in [-0.1, -0.05) is 37.3 Å². The average molecular weight is 417 g/mol. The van der Waals surface area contributed by atoms with Crippen molar-refractivity contribution in [1.82, 2.24) is 4.90 Å². The van der Waals surface area contributed by atoms with Crippen LogP contribution < -0.4 is 4.74 Å². The Morgan fingerprint density at radius 2 is 1.77 bits per heavy atom. The van der Waals surface area contributed by atoms with Crippen LogP contribution in [0.2, 0.25) is 0 Å². The Morgan fingerprint density at radius 1 is 1.03 bits per heavy atom. The summed E-state index contributed by atoms with van der Waals surface area (Å²) in [5.74, 6) is -0.557. The van der Waals surface area contributed by atoms with Crippen molar-refractivity contribution in [2.75, 3.05) is 6.61 Å². The maximum absolute atomic E-state index is 13.0. The molecule has 1 aliphatic rings. The normalized spacial score (nSPS) is 17.8. The summed E-state index contributed by atoms with van der Waals surface area (Å²) >= 11 is 0. The summed E-state index contributed by atoms with van der Waals surface area (Å²) in [6.45, 7) is 2.83. The van der Waals surface area contributed by atoms with Gasteiger partial charge in [0, 0.05) is 12.1 Å². The third kappa shape index (κ3) is 4.10. The summed E-state index contributed by atoms with van der Waals surface area (Å²) in [6.07, 6.45) is 2.37. The van der Waals surface area contributed by atoms with Gasteiger partial charge in [-0.3, -0.25) is 9.59 Å². The zero-order valence-corrected chi connectivity index (χ0v) is 17.2. The van der Waals surface area contributed by atoms with Crippen LogP contribution in [0, 0.1) is 0 Å². The van der Waals surface area contributed by atoms with Crippen LogP contribution in [0.25, 0.3) is 5.76 Å². The quantitative estimate of drug-likeness (QED) is 0.343. The zero-order chi connectivity index (χ0) is 21.8. The smallest absolute Gasteiger partial charge is 0.296 e. The topological polar surface area (TPSA) is 80.0 Å². The lowest BCUT2D eigenvalue weighted by Gasteiger charge is -2.23. The molecule has 1 amide bonds. The summed E-state index contributed by atoms with van der Waals surface area (Å²) < 4.78 is 11.1. The Hall–Kier alpha value is -3.80. The number of Topliss-reactive ketones (excluding diaryl/α,β-unsaturated/α-hetero) is 1. The van der Waals surface area contributed by atoms with E-state index in [0.29, 0.717) is 23.7 Å². The highest BCUT2D eigenvalue weighted by Gasteiger charge is 2.47. The number of benzene rings is 2. The van der Waals surface area contributed by atoms with E-state index in [1.54, 1.807) is 36.4 Å². The molecule has 0 bridgehead atoms. The predicted molar refractivity (Wildman–Crippen MR) is 115 cm³/mol. The van der Waals surface area contributed by atoms with Gasteiger partial charge in [0.1, 0.15) is 23.3 Å². The van der Waals surface area contributed by atoms with Gasteiger partial charge in [0.25, 0.3) is 11.7 Å². The molecule has 1 N–H and O–H groups in total. The van der Waals surface area contributed by atoms with Gasteiger partial charge >= 0.3 is 0 Å². The highest BCUT2D eigenvalue weighted by atomic mass is 16.5. The monoisotopic (exact) mass is 417 g/mol. The molecule has 6 nitrogen and oxygen atoms in total. The van der Waals surface area contributed by atoms with Gasteiger partial charge in [0.2, 0.25) is 0 Å². The minimum absolute atomic E-state index is 0.0121. The van der Waals surface area contributed by atoms with Crippen LogP contribution in [-0.2, 0) is 16.1 Å².